The number of benzene rings is 2. The van der Waals surface area contributed by atoms with E-state index >= 15 is 0 Å². The van der Waals surface area contributed by atoms with Gasteiger partial charge in [0.15, 0.2) is 0 Å². The summed E-state index contributed by atoms with van der Waals surface area (Å²) in [5.41, 5.74) is 2.59. The van der Waals surface area contributed by atoms with Gasteiger partial charge >= 0.3 is 0 Å². The molecular formula is C19H24ClN. The van der Waals surface area contributed by atoms with Crippen molar-refractivity contribution < 1.29 is 0 Å². The van der Waals surface area contributed by atoms with Crippen LogP contribution in [0.4, 0.5) is 0 Å². The summed E-state index contributed by atoms with van der Waals surface area (Å²) in [5.74, 6) is 1.12. The monoisotopic (exact) mass is 301 g/mol. The molecule has 0 fully saturated rings. The van der Waals surface area contributed by atoms with Crippen molar-refractivity contribution in [2.24, 2.45) is 5.92 Å². The van der Waals surface area contributed by atoms with Gasteiger partial charge < -0.3 is 5.32 Å². The zero-order chi connectivity index (χ0) is 15.1. The molecule has 0 amide bonds. The SMILES string of the molecule is CC(C)CNCC(Cc1ccccc1Cl)c1ccccc1. The smallest absolute Gasteiger partial charge is 0.0438 e. The molecule has 112 valence electrons. The molecule has 0 aromatic heterocycles. The summed E-state index contributed by atoms with van der Waals surface area (Å²) in [6.07, 6.45) is 0.967. The molecule has 1 N–H and O–H groups in total. The Bertz CT molecular complexity index is 536. The van der Waals surface area contributed by atoms with E-state index in [2.05, 4.69) is 61.6 Å². The van der Waals surface area contributed by atoms with Crippen LogP contribution >= 0.6 is 11.6 Å². The fourth-order valence-corrected chi connectivity index (χ4v) is 2.72. The summed E-state index contributed by atoms with van der Waals surface area (Å²) < 4.78 is 0. The Balaban J connectivity index is 2.10. The highest BCUT2D eigenvalue weighted by Crippen LogP contribution is 2.24. The summed E-state index contributed by atoms with van der Waals surface area (Å²) in [4.78, 5) is 0. The van der Waals surface area contributed by atoms with Gasteiger partial charge in [0.25, 0.3) is 0 Å². The first-order valence-electron chi connectivity index (χ1n) is 7.66. The Hall–Kier alpha value is -1.31. The highest BCUT2D eigenvalue weighted by molar-refractivity contribution is 6.31. The molecule has 1 atom stereocenters. The lowest BCUT2D eigenvalue weighted by Crippen LogP contribution is -2.26. The highest BCUT2D eigenvalue weighted by Gasteiger charge is 2.13. The van der Waals surface area contributed by atoms with Crippen molar-refractivity contribution in [2.75, 3.05) is 13.1 Å². The van der Waals surface area contributed by atoms with Crippen LogP contribution in [0, 0.1) is 5.92 Å². The largest absolute Gasteiger partial charge is 0.316 e. The van der Waals surface area contributed by atoms with Gasteiger partial charge in [-0.15, -0.1) is 0 Å². The fraction of sp³-hybridized carbons (Fsp3) is 0.368. The standard InChI is InChI=1S/C19H24ClN/c1-15(2)13-21-14-18(16-8-4-3-5-9-16)12-17-10-6-7-11-19(17)20/h3-11,15,18,21H,12-14H2,1-2H3. The molecule has 0 spiro atoms. The number of rotatable bonds is 7. The van der Waals surface area contributed by atoms with E-state index in [0.717, 1.165) is 24.5 Å². The average Bonchev–Trinajstić information content (AvgIpc) is 2.49. The van der Waals surface area contributed by atoms with Gasteiger partial charge in [0.05, 0.1) is 0 Å². The maximum Gasteiger partial charge on any atom is 0.0438 e. The van der Waals surface area contributed by atoms with Crippen LogP contribution in [0.15, 0.2) is 54.6 Å². The van der Waals surface area contributed by atoms with Gasteiger partial charge in [-0.2, -0.15) is 0 Å². The number of hydrogen-bond acceptors (Lipinski definition) is 1. The molecule has 0 radical (unpaired) electrons. The van der Waals surface area contributed by atoms with E-state index in [9.17, 15) is 0 Å². The van der Waals surface area contributed by atoms with Gasteiger partial charge in [-0.3, -0.25) is 0 Å². The molecule has 2 heteroatoms. The van der Waals surface area contributed by atoms with Crippen molar-refractivity contribution in [2.45, 2.75) is 26.2 Å². The highest BCUT2D eigenvalue weighted by atomic mass is 35.5. The van der Waals surface area contributed by atoms with Crippen LogP contribution in [0.3, 0.4) is 0 Å². The molecule has 2 rings (SSSR count). The molecule has 1 unspecified atom stereocenters. The van der Waals surface area contributed by atoms with Gasteiger partial charge in [0.1, 0.15) is 0 Å². The minimum Gasteiger partial charge on any atom is -0.316 e. The lowest BCUT2D eigenvalue weighted by molar-refractivity contribution is 0.514. The molecule has 0 saturated carbocycles. The molecule has 1 nitrogen and oxygen atoms in total. The third-order valence-corrected chi connectivity index (χ3v) is 4.01. The first-order chi connectivity index (χ1) is 10.2. The van der Waals surface area contributed by atoms with E-state index in [1.54, 1.807) is 0 Å². The van der Waals surface area contributed by atoms with Gasteiger partial charge in [0, 0.05) is 17.5 Å². The van der Waals surface area contributed by atoms with Gasteiger partial charge in [0.2, 0.25) is 0 Å². The van der Waals surface area contributed by atoms with Crippen molar-refractivity contribution in [1.29, 1.82) is 0 Å². The fourth-order valence-electron chi connectivity index (χ4n) is 2.51. The number of hydrogen-bond donors (Lipinski definition) is 1. The molecule has 0 aliphatic carbocycles. The quantitative estimate of drug-likeness (QED) is 0.766. The number of halogens is 1. The summed E-state index contributed by atoms with van der Waals surface area (Å²) in [6.45, 7) is 6.50. The van der Waals surface area contributed by atoms with E-state index in [1.807, 2.05) is 12.1 Å². The Morgan fingerprint density at radius 1 is 0.905 bits per heavy atom. The minimum atomic E-state index is 0.449. The van der Waals surface area contributed by atoms with Crippen LogP contribution in [-0.4, -0.2) is 13.1 Å². The number of nitrogens with one attached hydrogen (secondary N) is 1. The molecule has 21 heavy (non-hydrogen) atoms. The summed E-state index contributed by atoms with van der Waals surface area (Å²) in [5, 5.41) is 4.44. The average molecular weight is 302 g/mol. The Morgan fingerprint density at radius 2 is 1.57 bits per heavy atom. The van der Waals surface area contributed by atoms with Gasteiger partial charge in [-0.1, -0.05) is 74.0 Å². The van der Waals surface area contributed by atoms with Crippen molar-refractivity contribution in [3.05, 3.63) is 70.7 Å². The second-order valence-corrected chi connectivity index (χ2v) is 6.36. The first-order valence-corrected chi connectivity index (χ1v) is 8.03. The van der Waals surface area contributed by atoms with Crippen LogP contribution in [0.5, 0.6) is 0 Å². The second kappa shape index (κ2) is 8.21. The van der Waals surface area contributed by atoms with E-state index in [-0.39, 0.29) is 0 Å². The van der Waals surface area contributed by atoms with Crippen molar-refractivity contribution >= 4 is 11.6 Å². The molecule has 0 bridgehead atoms. The van der Waals surface area contributed by atoms with Crippen molar-refractivity contribution in [3.8, 4) is 0 Å². The minimum absolute atomic E-state index is 0.449. The maximum atomic E-state index is 6.32. The van der Waals surface area contributed by atoms with E-state index in [1.165, 1.54) is 11.1 Å². The van der Waals surface area contributed by atoms with Crippen LogP contribution < -0.4 is 5.32 Å². The van der Waals surface area contributed by atoms with Crippen LogP contribution in [0.25, 0.3) is 0 Å². The molecule has 0 heterocycles. The molecule has 0 aliphatic heterocycles. The van der Waals surface area contributed by atoms with Gasteiger partial charge in [-0.05, 0) is 36.1 Å². The molecule has 2 aromatic carbocycles. The van der Waals surface area contributed by atoms with E-state index < -0.39 is 0 Å². The third-order valence-electron chi connectivity index (χ3n) is 3.64. The van der Waals surface area contributed by atoms with E-state index in [0.29, 0.717) is 11.8 Å². The lowest BCUT2D eigenvalue weighted by atomic mass is 9.91. The zero-order valence-electron chi connectivity index (χ0n) is 12.9. The lowest BCUT2D eigenvalue weighted by Gasteiger charge is -2.20. The van der Waals surface area contributed by atoms with Crippen molar-refractivity contribution in [3.63, 3.8) is 0 Å². The van der Waals surface area contributed by atoms with Crippen LogP contribution in [0.2, 0.25) is 5.02 Å². The Labute approximate surface area is 133 Å². The Kier molecular flexibility index (Phi) is 6.28. The normalized spacial score (nSPS) is 12.6. The Morgan fingerprint density at radius 3 is 2.24 bits per heavy atom. The molecular weight excluding hydrogens is 278 g/mol. The molecule has 0 aliphatic rings. The zero-order valence-corrected chi connectivity index (χ0v) is 13.6. The summed E-state index contributed by atoms with van der Waals surface area (Å²) in [7, 11) is 0. The topological polar surface area (TPSA) is 12.0 Å². The van der Waals surface area contributed by atoms with Crippen molar-refractivity contribution in [1.82, 2.24) is 5.32 Å². The third kappa shape index (κ3) is 5.18. The summed E-state index contributed by atoms with van der Waals surface area (Å²) in [6, 6.07) is 18.8. The first kappa shape index (κ1) is 16.1. The molecule has 2 aromatic rings. The van der Waals surface area contributed by atoms with E-state index in [4.69, 9.17) is 11.6 Å². The van der Waals surface area contributed by atoms with Gasteiger partial charge in [-0.25, -0.2) is 0 Å². The maximum absolute atomic E-state index is 6.32. The molecule has 0 saturated heterocycles. The second-order valence-electron chi connectivity index (χ2n) is 5.96. The predicted octanol–water partition coefficient (Wildman–Crippen LogP) is 4.91. The van der Waals surface area contributed by atoms with Crippen LogP contribution in [0.1, 0.15) is 30.9 Å². The van der Waals surface area contributed by atoms with Crippen LogP contribution in [-0.2, 0) is 6.42 Å². The predicted molar refractivity (Wildman–Crippen MR) is 92.0 cm³/mol. The summed E-state index contributed by atoms with van der Waals surface area (Å²) >= 11 is 6.32.